The summed E-state index contributed by atoms with van der Waals surface area (Å²) < 4.78 is 1.90. The van der Waals surface area contributed by atoms with E-state index in [-0.39, 0.29) is 5.91 Å². The molecule has 0 aliphatic heterocycles. The highest BCUT2D eigenvalue weighted by molar-refractivity contribution is 5.73. The molecule has 5 heteroatoms. The van der Waals surface area contributed by atoms with Crippen molar-refractivity contribution in [1.29, 1.82) is 0 Å². The molecule has 0 aromatic carbocycles. The van der Waals surface area contributed by atoms with E-state index < -0.39 is 0 Å². The number of hydrogen-bond donors (Lipinski definition) is 2. The molecule has 1 aromatic heterocycles. The Balaban J connectivity index is 2.54. The van der Waals surface area contributed by atoms with E-state index in [0.29, 0.717) is 19.5 Å². The van der Waals surface area contributed by atoms with Gasteiger partial charge in [-0.3, -0.25) is 4.79 Å². The van der Waals surface area contributed by atoms with E-state index >= 15 is 0 Å². The van der Waals surface area contributed by atoms with Gasteiger partial charge in [0, 0.05) is 31.3 Å². The van der Waals surface area contributed by atoms with E-state index in [1.165, 1.54) is 0 Å². The van der Waals surface area contributed by atoms with Gasteiger partial charge in [-0.2, -0.15) is 0 Å². The van der Waals surface area contributed by atoms with Gasteiger partial charge in [-0.1, -0.05) is 0 Å². The minimum absolute atomic E-state index is 0.299. The van der Waals surface area contributed by atoms with Crippen LogP contribution in [-0.2, 0) is 17.8 Å². The van der Waals surface area contributed by atoms with Gasteiger partial charge in [-0.15, -0.1) is 0 Å². The third kappa shape index (κ3) is 2.87. The smallest absolute Gasteiger partial charge is 0.219 e. The van der Waals surface area contributed by atoms with Crippen molar-refractivity contribution in [2.75, 3.05) is 6.54 Å². The molecular weight excluding hydrogens is 168 g/mol. The lowest BCUT2D eigenvalue weighted by Gasteiger charge is -2.04. The van der Waals surface area contributed by atoms with Gasteiger partial charge in [-0.05, 0) is 6.54 Å². The van der Waals surface area contributed by atoms with Crippen LogP contribution < -0.4 is 11.5 Å². The molecule has 0 atom stereocenters. The average molecular weight is 182 g/mol. The fourth-order valence-corrected chi connectivity index (χ4v) is 1.14. The zero-order valence-electron chi connectivity index (χ0n) is 7.44. The molecule has 0 aliphatic carbocycles. The number of carbonyl (C=O) groups excluding carboxylic acids is 1. The summed E-state index contributed by atoms with van der Waals surface area (Å²) in [7, 11) is 0. The molecule has 0 spiro atoms. The second-order valence-corrected chi connectivity index (χ2v) is 2.83. The van der Waals surface area contributed by atoms with E-state index in [0.717, 1.165) is 12.1 Å². The lowest BCUT2D eigenvalue weighted by Crippen LogP contribution is -2.15. The van der Waals surface area contributed by atoms with Crippen molar-refractivity contribution in [2.45, 2.75) is 19.4 Å². The summed E-state index contributed by atoms with van der Waals surface area (Å²) >= 11 is 0. The predicted octanol–water partition coefficient (Wildman–Crippen LogP) is -0.740. The quantitative estimate of drug-likeness (QED) is 0.628. The van der Waals surface area contributed by atoms with Crippen molar-refractivity contribution in [3.8, 4) is 0 Å². The van der Waals surface area contributed by atoms with Crippen molar-refractivity contribution in [3.63, 3.8) is 0 Å². The number of amides is 1. The molecule has 1 heterocycles. The summed E-state index contributed by atoms with van der Waals surface area (Å²) in [6, 6.07) is 0. The molecule has 1 aromatic rings. The van der Waals surface area contributed by atoms with Gasteiger partial charge in [0.2, 0.25) is 5.91 Å². The minimum Gasteiger partial charge on any atom is -0.370 e. The first-order chi connectivity index (χ1) is 6.24. The molecule has 0 radical (unpaired) electrons. The van der Waals surface area contributed by atoms with E-state index in [9.17, 15) is 4.79 Å². The van der Waals surface area contributed by atoms with Crippen LogP contribution in [0, 0.1) is 0 Å². The molecule has 72 valence electrons. The molecule has 1 rings (SSSR count). The fraction of sp³-hybridized carbons (Fsp3) is 0.500. The van der Waals surface area contributed by atoms with Crippen molar-refractivity contribution >= 4 is 5.91 Å². The number of hydrogen-bond acceptors (Lipinski definition) is 3. The summed E-state index contributed by atoms with van der Waals surface area (Å²) in [5.41, 5.74) is 11.5. The lowest BCUT2D eigenvalue weighted by molar-refractivity contribution is -0.118. The third-order valence-electron chi connectivity index (χ3n) is 1.80. The monoisotopic (exact) mass is 182 g/mol. The molecular formula is C8H14N4O. The average Bonchev–Trinajstić information content (AvgIpc) is 2.49. The van der Waals surface area contributed by atoms with Crippen LogP contribution in [0.25, 0.3) is 0 Å². The van der Waals surface area contributed by atoms with Gasteiger partial charge in [0.05, 0.1) is 6.33 Å². The zero-order chi connectivity index (χ0) is 9.68. The normalized spacial score (nSPS) is 10.2. The molecule has 4 N–H and O–H groups in total. The first-order valence-electron chi connectivity index (χ1n) is 4.21. The van der Waals surface area contributed by atoms with Crippen molar-refractivity contribution in [3.05, 3.63) is 18.2 Å². The number of aromatic nitrogens is 2. The Morgan fingerprint density at radius 1 is 1.62 bits per heavy atom. The van der Waals surface area contributed by atoms with Crippen LogP contribution in [0.15, 0.2) is 12.5 Å². The van der Waals surface area contributed by atoms with Gasteiger partial charge in [-0.25, -0.2) is 4.98 Å². The Labute approximate surface area is 76.7 Å². The summed E-state index contributed by atoms with van der Waals surface area (Å²) in [5, 5.41) is 0. The number of rotatable bonds is 5. The zero-order valence-corrected chi connectivity index (χ0v) is 7.44. The van der Waals surface area contributed by atoms with E-state index in [1.807, 2.05) is 4.57 Å². The van der Waals surface area contributed by atoms with Crippen molar-refractivity contribution in [2.24, 2.45) is 11.5 Å². The molecule has 1 amide bonds. The number of imidazole rings is 1. The standard InChI is InChI=1S/C8H14N4O/c9-3-1-7-5-11-6-12(7)4-2-8(10)13/h5-6H,1-4,9H2,(H2,10,13). The molecule has 0 saturated carbocycles. The molecule has 13 heavy (non-hydrogen) atoms. The van der Waals surface area contributed by atoms with Crippen LogP contribution in [0.4, 0.5) is 0 Å². The molecule has 0 fully saturated rings. The number of primary amides is 1. The fourth-order valence-electron chi connectivity index (χ4n) is 1.14. The maximum absolute atomic E-state index is 10.5. The van der Waals surface area contributed by atoms with Crippen LogP contribution >= 0.6 is 0 Å². The molecule has 0 aliphatic rings. The summed E-state index contributed by atoms with van der Waals surface area (Å²) in [5.74, 6) is -0.299. The van der Waals surface area contributed by atoms with Gasteiger partial charge in [0.1, 0.15) is 0 Å². The van der Waals surface area contributed by atoms with Crippen LogP contribution in [0.2, 0.25) is 0 Å². The first kappa shape index (κ1) is 9.73. The van der Waals surface area contributed by atoms with Gasteiger partial charge in [0.15, 0.2) is 0 Å². The molecule has 0 bridgehead atoms. The largest absolute Gasteiger partial charge is 0.370 e. The maximum Gasteiger partial charge on any atom is 0.219 e. The van der Waals surface area contributed by atoms with Gasteiger partial charge < -0.3 is 16.0 Å². The highest BCUT2D eigenvalue weighted by Crippen LogP contribution is 2.00. The summed E-state index contributed by atoms with van der Waals surface area (Å²) in [6.07, 6.45) is 4.56. The van der Waals surface area contributed by atoms with Crippen LogP contribution in [0.1, 0.15) is 12.1 Å². The molecule has 0 unspecified atom stereocenters. The topological polar surface area (TPSA) is 86.9 Å². The van der Waals surface area contributed by atoms with Gasteiger partial charge in [0.25, 0.3) is 0 Å². The highest BCUT2D eigenvalue weighted by atomic mass is 16.1. The Morgan fingerprint density at radius 3 is 3.00 bits per heavy atom. The number of carbonyl (C=O) groups is 1. The van der Waals surface area contributed by atoms with Crippen LogP contribution in [0.5, 0.6) is 0 Å². The number of aryl methyl sites for hydroxylation is 1. The predicted molar refractivity (Wildman–Crippen MR) is 48.8 cm³/mol. The van der Waals surface area contributed by atoms with E-state index in [2.05, 4.69) is 4.98 Å². The first-order valence-corrected chi connectivity index (χ1v) is 4.21. The third-order valence-corrected chi connectivity index (χ3v) is 1.80. The second kappa shape index (κ2) is 4.61. The Hall–Kier alpha value is -1.36. The minimum atomic E-state index is -0.299. The summed E-state index contributed by atoms with van der Waals surface area (Å²) in [6.45, 7) is 1.17. The van der Waals surface area contributed by atoms with Crippen molar-refractivity contribution < 1.29 is 4.79 Å². The van der Waals surface area contributed by atoms with Gasteiger partial charge >= 0.3 is 0 Å². The lowest BCUT2D eigenvalue weighted by atomic mass is 10.3. The van der Waals surface area contributed by atoms with Crippen LogP contribution in [-0.4, -0.2) is 22.0 Å². The second-order valence-electron chi connectivity index (χ2n) is 2.83. The Kier molecular flexibility index (Phi) is 3.45. The Morgan fingerprint density at radius 2 is 2.38 bits per heavy atom. The number of nitrogens with two attached hydrogens (primary N) is 2. The number of nitrogens with zero attached hydrogens (tertiary/aromatic N) is 2. The highest BCUT2D eigenvalue weighted by Gasteiger charge is 2.01. The molecule has 0 saturated heterocycles. The molecule has 5 nitrogen and oxygen atoms in total. The van der Waals surface area contributed by atoms with Crippen LogP contribution in [0.3, 0.4) is 0 Å². The van der Waals surface area contributed by atoms with E-state index in [4.69, 9.17) is 11.5 Å². The van der Waals surface area contributed by atoms with E-state index in [1.54, 1.807) is 12.5 Å². The van der Waals surface area contributed by atoms with Crippen molar-refractivity contribution in [1.82, 2.24) is 9.55 Å². The Bertz CT molecular complexity index is 281. The maximum atomic E-state index is 10.5. The summed E-state index contributed by atoms with van der Waals surface area (Å²) in [4.78, 5) is 14.5. The SMILES string of the molecule is NCCc1cncn1CCC(N)=O.